The molecule has 0 radical (unpaired) electrons. The fraction of sp³-hybridized carbons (Fsp3) is 0.353. The van der Waals surface area contributed by atoms with E-state index in [-0.39, 0.29) is 0 Å². The summed E-state index contributed by atoms with van der Waals surface area (Å²) in [7, 11) is 0. The molecule has 0 unspecified atom stereocenters. The highest BCUT2D eigenvalue weighted by Gasteiger charge is 2.06. The van der Waals surface area contributed by atoms with Gasteiger partial charge >= 0.3 is 0 Å². The quantitative estimate of drug-likeness (QED) is 0.896. The predicted molar refractivity (Wildman–Crippen MR) is 81.1 cm³/mol. The van der Waals surface area contributed by atoms with Gasteiger partial charge in [-0.25, -0.2) is 0 Å². The lowest BCUT2D eigenvalue weighted by molar-refractivity contribution is 0.589. The third-order valence-corrected chi connectivity index (χ3v) is 3.33. The molecule has 0 aliphatic carbocycles. The molecule has 0 saturated carbocycles. The van der Waals surface area contributed by atoms with Crippen molar-refractivity contribution in [1.82, 2.24) is 10.3 Å². The lowest BCUT2D eigenvalue weighted by Crippen LogP contribution is -2.21. The maximum absolute atomic E-state index is 4.17. The van der Waals surface area contributed by atoms with E-state index in [4.69, 9.17) is 0 Å². The highest BCUT2D eigenvalue weighted by molar-refractivity contribution is 5.70. The molecular formula is C17H22N2. The Kier molecular flexibility index (Phi) is 4.33. The molecule has 0 spiro atoms. The van der Waals surface area contributed by atoms with Gasteiger partial charge in [-0.1, -0.05) is 26.0 Å². The summed E-state index contributed by atoms with van der Waals surface area (Å²) < 4.78 is 0. The van der Waals surface area contributed by atoms with E-state index in [1.165, 1.54) is 27.8 Å². The van der Waals surface area contributed by atoms with Crippen LogP contribution in [0.3, 0.4) is 0 Å². The van der Waals surface area contributed by atoms with Gasteiger partial charge < -0.3 is 5.32 Å². The van der Waals surface area contributed by atoms with Gasteiger partial charge in [0.25, 0.3) is 0 Å². The number of nitrogens with one attached hydrogen (secondary N) is 1. The first-order valence-electron chi connectivity index (χ1n) is 6.82. The molecule has 100 valence electrons. The zero-order valence-corrected chi connectivity index (χ0v) is 12.2. The average Bonchev–Trinajstić information content (AvgIpc) is 2.38. The molecule has 0 atom stereocenters. The third kappa shape index (κ3) is 3.42. The van der Waals surface area contributed by atoms with E-state index in [2.05, 4.69) is 62.3 Å². The van der Waals surface area contributed by atoms with E-state index in [9.17, 15) is 0 Å². The second-order valence-electron chi connectivity index (χ2n) is 5.38. The van der Waals surface area contributed by atoms with Gasteiger partial charge in [-0.15, -0.1) is 0 Å². The first kappa shape index (κ1) is 13.8. The van der Waals surface area contributed by atoms with Crippen molar-refractivity contribution >= 4 is 0 Å². The number of benzene rings is 1. The van der Waals surface area contributed by atoms with E-state index in [0.29, 0.717) is 6.04 Å². The van der Waals surface area contributed by atoms with E-state index in [0.717, 1.165) is 6.54 Å². The summed E-state index contributed by atoms with van der Waals surface area (Å²) in [4.78, 5) is 4.17. The van der Waals surface area contributed by atoms with Crippen LogP contribution in [0.2, 0.25) is 0 Å². The first-order valence-corrected chi connectivity index (χ1v) is 6.82. The molecular weight excluding hydrogens is 232 g/mol. The van der Waals surface area contributed by atoms with Gasteiger partial charge in [-0.2, -0.15) is 0 Å². The number of aromatic nitrogens is 1. The summed E-state index contributed by atoms with van der Waals surface area (Å²) in [6, 6.07) is 9.29. The van der Waals surface area contributed by atoms with Crippen LogP contribution in [0.25, 0.3) is 11.1 Å². The minimum atomic E-state index is 0.507. The highest BCUT2D eigenvalue weighted by atomic mass is 14.9. The molecule has 19 heavy (non-hydrogen) atoms. The third-order valence-electron chi connectivity index (χ3n) is 3.33. The monoisotopic (exact) mass is 254 g/mol. The van der Waals surface area contributed by atoms with E-state index in [1.807, 2.05) is 12.4 Å². The Balaban J connectivity index is 2.35. The van der Waals surface area contributed by atoms with Crippen LogP contribution in [0, 0.1) is 13.8 Å². The fourth-order valence-corrected chi connectivity index (χ4v) is 2.17. The normalized spacial score (nSPS) is 11.0. The van der Waals surface area contributed by atoms with Gasteiger partial charge in [-0.3, -0.25) is 4.98 Å². The molecule has 2 nitrogen and oxygen atoms in total. The molecule has 0 amide bonds. The van der Waals surface area contributed by atoms with E-state index in [1.54, 1.807) is 0 Å². The molecule has 2 rings (SSSR count). The van der Waals surface area contributed by atoms with Gasteiger partial charge in [0.2, 0.25) is 0 Å². The van der Waals surface area contributed by atoms with Crippen molar-refractivity contribution in [2.24, 2.45) is 0 Å². The SMILES string of the molecule is Cc1cnccc1-c1cc(CNC(C)C)ccc1C. The number of hydrogen-bond donors (Lipinski definition) is 1. The van der Waals surface area contributed by atoms with Crippen molar-refractivity contribution in [3.63, 3.8) is 0 Å². The van der Waals surface area contributed by atoms with Gasteiger partial charge in [0.15, 0.2) is 0 Å². The zero-order valence-electron chi connectivity index (χ0n) is 12.2. The van der Waals surface area contributed by atoms with Gasteiger partial charge in [0.05, 0.1) is 0 Å². The second kappa shape index (κ2) is 5.98. The summed E-state index contributed by atoms with van der Waals surface area (Å²) in [5.41, 5.74) is 6.44. The maximum atomic E-state index is 4.17. The van der Waals surface area contributed by atoms with E-state index < -0.39 is 0 Å². The lowest BCUT2D eigenvalue weighted by atomic mass is 9.96. The molecule has 0 aliphatic heterocycles. The van der Waals surface area contributed by atoms with Crippen LogP contribution in [0.5, 0.6) is 0 Å². The number of hydrogen-bond acceptors (Lipinski definition) is 2. The molecule has 1 N–H and O–H groups in total. The Labute approximate surface area is 115 Å². The summed E-state index contributed by atoms with van der Waals surface area (Å²) in [5.74, 6) is 0. The maximum Gasteiger partial charge on any atom is 0.0303 e. The van der Waals surface area contributed by atoms with Crippen LogP contribution in [0.15, 0.2) is 36.7 Å². The predicted octanol–water partition coefficient (Wildman–Crippen LogP) is 3.86. The van der Waals surface area contributed by atoms with E-state index >= 15 is 0 Å². The van der Waals surface area contributed by atoms with Crippen LogP contribution in [-0.2, 0) is 6.54 Å². The Bertz CT molecular complexity index is 559. The van der Waals surface area contributed by atoms with Crippen molar-refractivity contribution in [1.29, 1.82) is 0 Å². The number of nitrogens with zero attached hydrogens (tertiary/aromatic N) is 1. The summed E-state index contributed by atoms with van der Waals surface area (Å²) in [6.45, 7) is 9.52. The number of pyridine rings is 1. The van der Waals surface area contributed by atoms with Crippen molar-refractivity contribution in [3.8, 4) is 11.1 Å². The molecule has 1 aromatic heterocycles. The fourth-order valence-electron chi connectivity index (χ4n) is 2.17. The Morgan fingerprint density at radius 3 is 2.53 bits per heavy atom. The topological polar surface area (TPSA) is 24.9 Å². The van der Waals surface area contributed by atoms with Crippen molar-refractivity contribution in [2.75, 3.05) is 0 Å². The first-order chi connectivity index (χ1) is 9.08. The van der Waals surface area contributed by atoms with Gasteiger partial charge in [-0.05, 0) is 53.8 Å². The van der Waals surface area contributed by atoms with Crippen LogP contribution < -0.4 is 5.32 Å². The van der Waals surface area contributed by atoms with Crippen molar-refractivity contribution in [3.05, 3.63) is 53.3 Å². The van der Waals surface area contributed by atoms with Crippen LogP contribution in [-0.4, -0.2) is 11.0 Å². The van der Waals surface area contributed by atoms with Crippen molar-refractivity contribution < 1.29 is 0 Å². The number of rotatable bonds is 4. The Morgan fingerprint density at radius 2 is 1.84 bits per heavy atom. The number of aryl methyl sites for hydroxylation is 2. The summed E-state index contributed by atoms with van der Waals surface area (Å²) in [5, 5.41) is 3.46. The molecule has 2 heteroatoms. The Hall–Kier alpha value is -1.67. The van der Waals surface area contributed by atoms with Crippen LogP contribution >= 0.6 is 0 Å². The van der Waals surface area contributed by atoms with Crippen LogP contribution in [0.4, 0.5) is 0 Å². The summed E-state index contributed by atoms with van der Waals surface area (Å²) in [6.07, 6.45) is 3.79. The lowest BCUT2D eigenvalue weighted by Gasteiger charge is -2.13. The molecule has 1 heterocycles. The molecule has 0 aliphatic rings. The molecule has 0 bridgehead atoms. The Morgan fingerprint density at radius 1 is 1.05 bits per heavy atom. The van der Waals surface area contributed by atoms with Gasteiger partial charge in [0.1, 0.15) is 0 Å². The molecule has 2 aromatic rings. The smallest absolute Gasteiger partial charge is 0.0303 e. The van der Waals surface area contributed by atoms with Crippen LogP contribution in [0.1, 0.15) is 30.5 Å². The summed E-state index contributed by atoms with van der Waals surface area (Å²) >= 11 is 0. The molecule has 0 fully saturated rings. The largest absolute Gasteiger partial charge is 0.310 e. The molecule has 1 aromatic carbocycles. The minimum Gasteiger partial charge on any atom is -0.310 e. The van der Waals surface area contributed by atoms with Gasteiger partial charge in [0, 0.05) is 25.0 Å². The van der Waals surface area contributed by atoms with Crippen molar-refractivity contribution in [2.45, 2.75) is 40.3 Å². The standard InChI is InChI=1S/C17H22N2/c1-12(2)19-11-15-6-5-13(3)17(9-15)16-7-8-18-10-14(16)4/h5-10,12,19H,11H2,1-4H3. The zero-order chi connectivity index (χ0) is 13.8. The second-order valence-corrected chi connectivity index (χ2v) is 5.38. The minimum absolute atomic E-state index is 0.507. The average molecular weight is 254 g/mol. The highest BCUT2D eigenvalue weighted by Crippen LogP contribution is 2.26. The molecule has 0 saturated heterocycles.